The number of aromatic nitrogens is 4. The molecule has 1 aromatic carbocycles. The van der Waals surface area contributed by atoms with E-state index in [1.54, 1.807) is 6.08 Å². The van der Waals surface area contributed by atoms with Crippen LogP contribution in [0.15, 0.2) is 54.6 Å². The lowest BCUT2D eigenvalue weighted by molar-refractivity contribution is -0.384. The number of carbonyl (C=O) groups excluding carboxylic acids is 4. The van der Waals surface area contributed by atoms with E-state index in [0.29, 0.717) is 17.9 Å². The molecule has 0 radical (unpaired) electrons. The number of hydrogen-bond acceptors (Lipinski definition) is 15. The van der Waals surface area contributed by atoms with Crippen molar-refractivity contribution in [1.82, 2.24) is 20.2 Å². The Kier molecular flexibility index (Phi) is 13.5. The van der Waals surface area contributed by atoms with E-state index in [2.05, 4.69) is 36.0 Å². The van der Waals surface area contributed by atoms with Crippen molar-refractivity contribution in [2.45, 2.75) is 108 Å². The normalized spacial score (nSPS) is 28.4. The van der Waals surface area contributed by atoms with Crippen molar-refractivity contribution in [1.29, 1.82) is 0 Å². The summed E-state index contributed by atoms with van der Waals surface area (Å²) >= 11 is 0. The van der Waals surface area contributed by atoms with E-state index in [0.717, 1.165) is 43.4 Å². The number of rotatable bonds is 17. The predicted molar refractivity (Wildman–Crippen MR) is 190 cm³/mol. The van der Waals surface area contributed by atoms with Gasteiger partial charge in [-0.05, 0) is 52.7 Å². The van der Waals surface area contributed by atoms with Gasteiger partial charge in [-0.15, -0.1) is 5.10 Å². The summed E-state index contributed by atoms with van der Waals surface area (Å²) in [4.78, 5) is 53.6. The van der Waals surface area contributed by atoms with Crippen LogP contribution in [0.3, 0.4) is 0 Å². The number of ether oxygens (including phenoxy) is 6. The Balaban J connectivity index is 1.80. The van der Waals surface area contributed by atoms with Crippen molar-refractivity contribution in [3.8, 4) is 0 Å². The highest BCUT2D eigenvalue weighted by Crippen LogP contribution is 2.60. The number of aliphatic hydroxyl groups is 2. The molecule has 296 valence electrons. The Bertz CT molecular complexity index is 1700. The molecule has 2 aromatic rings. The molecule has 4 rings (SSSR count). The molecule has 16 nitrogen and oxygen atoms in total. The Morgan fingerprint density at radius 2 is 1.76 bits per heavy atom. The molecule has 1 aromatic heterocycles. The maximum Gasteiger partial charge on any atom is 0.346 e. The van der Waals surface area contributed by atoms with Crippen LogP contribution in [0.25, 0.3) is 0 Å². The molecule has 2 N–H and O–H groups in total. The second-order valence-corrected chi connectivity index (χ2v) is 14.3. The fourth-order valence-corrected chi connectivity index (χ4v) is 7.33. The molecule has 2 bridgehead atoms. The molecule has 2 fully saturated rings. The maximum atomic E-state index is 14.1. The number of methoxy groups -OCH3 is 2. The number of esters is 4. The fraction of sp³-hybridized carbons (Fsp3) is 0.605. The number of nitrogens with zero attached hydrogens (tertiary/aromatic N) is 4. The van der Waals surface area contributed by atoms with Crippen molar-refractivity contribution >= 4 is 23.9 Å². The summed E-state index contributed by atoms with van der Waals surface area (Å²) in [6.45, 7) is 13.4. The molecular formula is C38H52N4O12. The van der Waals surface area contributed by atoms with Crippen LogP contribution in [0.5, 0.6) is 0 Å². The minimum absolute atomic E-state index is 0.0408. The highest BCUT2D eigenvalue weighted by Gasteiger charge is 2.85. The number of hydrogen-bond donors (Lipinski definition) is 2. The first kappa shape index (κ1) is 42.2. The van der Waals surface area contributed by atoms with E-state index in [4.69, 9.17) is 28.4 Å². The standard InChI is InChI=1S/C38H52N4O12/c1-10-22(2)20-23(3)16-17-28(44)52-31-30(45)36(19-18-24(4)29(51-26(6)43)25(5)21-27-14-12-11-13-15-27)53-32(33-39-40-41-42(33)7)37(48,34(46)49-8)38(31,54-36)35(47)50-9/h11-17,22-23,25,29-32,45,48H,4,10,18-21H2,1-3,5-9H3/b17-16+/t22-,23+,25+,29+,30+,31+,32+,36+,37+,38+/m0/s1. The number of aliphatic hydroxyl groups excluding tert-OH is 1. The van der Waals surface area contributed by atoms with Crippen molar-refractivity contribution < 1.29 is 57.8 Å². The molecule has 2 saturated heterocycles. The van der Waals surface area contributed by atoms with Crippen molar-refractivity contribution in [2.24, 2.45) is 24.8 Å². The van der Waals surface area contributed by atoms with Crippen LogP contribution in [-0.4, -0.2) is 104 Å². The van der Waals surface area contributed by atoms with Crippen LogP contribution in [0.4, 0.5) is 0 Å². The van der Waals surface area contributed by atoms with Crippen LogP contribution in [0.2, 0.25) is 0 Å². The summed E-state index contributed by atoms with van der Waals surface area (Å²) < 4.78 is 35.3. The van der Waals surface area contributed by atoms with Gasteiger partial charge in [0.15, 0.2) is 18.0 Å². The Labute approximate surface area is 314 Å². The highest BCUT2D eigenvalue weighted by atomic mass is 16.8. The molecule has 54 heavy (non-hydrogen) atoms. The minimum atomic E-state index is -3.21. The summed E-state index contributed by atoms with van der Waals surface area (Å²) in [6.07, 6.45) is -2.31. The van der Waals surface area contributed by atoms with Gasteiger partial charge in [0.2, 0.25) is 11.4 Å². The van der Waals surface area contributed by atoms with E-state index in [1.807, 2.05) is 44.2 Å². The first-order valence-electron chi connectivity index (χ1n) is 18.0. The summed E-state index contributed by atoms with van der Waals surface area (Å²) in [5, 5.41) is 36.0. The van der Waals surface area contributed by atoms with E-state index in [9.17, 15) is 29.4 Å². The third-order valence-electron chi connectivity index (χ3n) is 10.3. The van der Waals surface area contributed by atoms with Crippen molar-refractivity contribution in [3.63, 3.8) is 0 Å². The first-order valence-corrected chi connectivity index (χ1v) is 18.0. The Morgan fingerprint density at radius 1 is 1.09 bits per heavy atom. The smallest absolute Gasteiger partial charge is 0.346 e. The number of benzene rings is 1. The fourth-order valence-electron chi connectivity index (χ4n) is 7.33. The maximum absolute atomic E-state index is 14.1. The first-order chi connectivity index (χ1) is 25.5. The second-order valence-electron chi connectivity index (χ2n) is 14.3. The number of allylic oxidation sites excluding steroid dienone is 1. The third-order valence-corrected chi connectivity index (χ3v) is 10.3. The van der Waals surface area contributed by atoms with Gasteiger partial charge in [-0.2, -0.15) is 0 Å². The van der Waals surface area contributed by atoms with Crippen LogP contribution in [-0.2, 0) is 61.1 Å². The van der Waals surface area contributed by atoms with Gasteiger partial charge in [0.05, 0.1) is 14.2 Å². The summed E-state index contributed by atoms with van der Waals surface area (Å²) in [7, 11) is 3.31. The lowest BCUT2D eigenvalue weighted by Crippen LogP contribution is -2.74. The molecule has 2 aliphatic rings. The topological polar surface area (TPSA) is 208 Å². The third kappa shape index (κ3) is 8.11. The average molecular weight is 757 g/mol. The molecule has 0 spiro atoms. The van der Waals surface area contributed by atoms with E-state index < -0.39 is 65.3 Å². The van der Waals surface area contributed by atoms with Crippen LogP contribution < -0.4 is 0 Å². The monoisotopic (exact) mass is 756 g/mol. The van der Waals surface area contributed by atoms with Crippen molar-refractivity contribution in [2.75, 3.05) is 14.2 Å². The number of fused-ring (bicyclic) bond motifs is 2. The molecule has 2 aliphatic heterocycles. The molecule has 10 atom stereocenters. The van der Waals surface area contributed by atoms with Gasteiger partial charge in [0.1, 0.15) is 12.2 Å². The predicted octanol–water partition coefficient (Wildman–Crippen LogP) is 2.87. The van der Waals surface area contributed by atoms with Gasteiger partial charge >= 0.3 is 23.9 Å². The zero-order chi connectivity index (χ0) is 40.0. The van der Waals surface area contributed by atoms with E-state index >= 15 is 0 Å². The van der Waals surface area contributed by atoms with Crippen LogP contribution >= 0.6 is 0 Å². The molecule has 3 heterocycles. The Morgan fingerprint density at radius 3 is 2.33 bits per heavy atom. The lowest BCUT2D eigenvalue weighted by atomic mass is 9.74. The molecule has 0 unspecified atom stereocenters. The zero-order valence-electron chi connectivity index (χ0n) is 32.1. The van der Waals surface area contributed by atoms with Crippen LogP contribution in [0, 0.1) is 17.8 Å². The summed E-state index contributed by atoms with van der Waals surface area (Å²) in [5.41, 5.74) is -4.81. The van der Waals surface area contributed by atoms with Gasteiger partial charge < -0.3 is 38.6 Å². The summed E-state index contributed by atoms with van der Waals surface area (Å²) in [6, 6.07) is 9.58. The average Bonchev–Trinajstić information content (AvgIpc) is 3.67. The molecule has 0 amide bonds. The molecular weight excluding hydrogens is 704 g/mol. The van der Waals surface area contributed by atoms with Crippen molar-refractivity contribution in [3.05, 3.63) is 66.0 Å². The SMILES string of the molecule is C=C(CC[C@@]12O[C@H](c3nnnn3C)[C@@](O)(C(=O)OC)[C@@](C(=O)OC)(O1)[C@H](OC(=O)/C=C/[C@@H](C)C[C@@H](C)CC)[C@H]2O)[C@@H](OC(C)=O)[C@H](C)Cc1ccccc1. The zero-order valence-corrected chi connectivity index (χ0v) is 32.1. The molecule has 16 heteroatoms. The van der Waals surface area contributed by atoms with Gasteiger partial charge in [-0.3, -0.25) is 4.79 Å². The highest BCUT2D eigenvalue weighted by molar-refractivity contribution is 5.95. The second kappa shape index (κ2) is 17.3. The van der Waals surface area contributed by atoms with Gasteiger partial charge in [0, 0.05) is 32.4 Å². The quantitative estimate of drug-likeness (QED) is 0.103. The number of tetrazole rings is 1. The van der Waals surface area contributed by atoms with Crippen LogP contribution in [0.1, 0.15) is 77.8 Å². The van der Waals surface area contributed by atoms with Gasteiger partial charge in [-0.25, -0.2) is 19.1 Å². The van der Waals surface area contributed by atoms with Gasteiger partial charge in [-0.1, -0.05) is 77.1 Å². The van der Waals surface area contributed by atoms with E-state index in [1.165, 1.54) is 14.0 Å². The largest absolute Gasteiger partial charge is 0.467 e. The Hall–Kier alpha value is -4.51. The number of carbonyl (C=O) groups is 4. The minimum Gasteiger partial charge on any atom is -0.467 e. The van der Waals surface area contributed by atoms with E-state index in [-0.39, 0.29) is 30.5 Å². The number of aryl methyl sites for hydroxylation is 1. The molecule has 0 saturated carbocycles. The molecule has 0 aliphatic carbocycles. The summed E-state index contributed by atoms with van der Waals surface area (Å²) in [5.74, 6) is -6.91. The lowest BCUT2D eigenvalue weighted by Gasteiger charge is -2.50. The van der Waals surface area contributed by atoms with Gasteiger partial charge in [0.25, 0.3) is 5.60 Å².